The van der Waals surface area contributed by atoms with E-state index in [9.17, 15) is 18.0 Å². The number of carbonyl (C=O) groups excluding carboxylic acids is 1. The van der Waals surface area contributed by atoms with Gasteiger partial charge in [0.15, 0.2) is 0 Å². The summed E-state index contributed by atoms with van der Waals surface area (Å²) in [6.45, 7) is 2.08. The minimum Gasteiger partial charge on any atom is -0.352 e. The SMILES string of the molecule is Cl.O=C(NCC1CCNC1)c1ccccc1C(F)(F)F. The van der Waals surface area contributed by atoms with E-state index in [1.54, 1.807) is 0 Å². The zero-order valence-electron chi connectivity index (χ0n) is 10.7. The van der Waals surface area contributed by atoms with Crippen LogP contribution in [-0.2, 0) is 6.18 Å². The van der Waals surface area contributed by atoms with Crippen molar-refractivity contribution in [3.8, 4) is 0 Å². The highest BCUT2D eigenvalue weighted by Gasteiger charge is 2.34. The number of halogens is 4. The van der Waals surface area contributed by atoms with Crippen LogP contribution in [0.5, 0.6) is 0 Å². The average Bonchev–Trinajstić information content (AvgIpc) is 2.88. The topological polar surface area (TPSA) is 41.1 Å². The molecule has 112 valence electrons. The smallest absolute Gasteiger partial charge is 0.352 e. The van der Waals surface area contributed by atoms with Crippen molar-refractivity contribution < 1.29 is 18.0 Å². The van der Waals surface area contributed by atoms with Gasteiger partial charge in [-0.15, -0.1) is 12.4 Å². The third kappa shape index (κ3) is 4.11. The first-order chi connectivity index (χ1) is 8.98. The number of alkyl halides is 3. The first-order valence-electron chi connectivity index (χ1n) is 6.13. The lowest BCUT2D eigenvalue weighted by Gasteiger charge is -2.14. The standard InChI is InChI=1S/C13H15F3N2O.ClH/c14-13(15,16)11-4-2-1-3-10(11)12(19)18-8-9-5-6-17-7-9;/h1-4,9,17H,5-8H2,(H,18,19);1H. The van der Waals surface area contributed by atoms with Crippen LogP contribution in [0, 0.1) is 5.92 Å². The molecule has 0 radical (unpaired) electrons. The Morgan fingerprint density at radius 2 is 2.05 bits per heavy atom. The van der Waals surface area contributed by atoms with Gasteiger partial charge in [0, 0.05) is 6.54 Å². The number of rotatable bonds is 3. The normalized spacial score (nSPS) is 18.4. The Labute approximate surface area is 121 Å². The molecule has 20 heavy (non-hydrogen) atoms. The summed E-state index contributed by atoms with van der Waals surface area (Å²) < 4.78 is 38.3. The molecule has 1 aromatic rings. The molecule has 1 aromatic carbocycles. The van der Waals surface area contributed by atoms with E-state index in [0.717, 1.165) is 25.6 Å². The summed E-state index contributed by atoms with van der Waals surface area (Å²) in [6, 6.07) is 4.83. The lowest BCUT2D eigenvalue weighted by atomic mass is 10.1. The second kappa shape index (κ2) is 6.95. The van der Waals surface area contributed by atoms with Crippen LogP contribution in [-0.4, -0.2) is 25.5 Å². The highest BCUT2D eigenvalue weighted by Crippen LogP contribution is 2.31. The molecule has 1 heterocycles. The molecule has 3 nitrogen and oxygen atoms in total. The number of benzene rings is 1. The van der Waals surface area contributed by atoms with Gasteiger partial charge in [-0.2, -0.15) is 13.2 Å². The molecule has 0 saturated carbocycles. The first-order valence-corrected chi connectivity index (χ1v) is 6.13. The predicted molar refractivity (Wildman–Crippen MR) is 72.0 cm³/mol. The number of amides is 1. The molecule has 0 aliphatic carbocycles. The summed E-state index contributed by atoms with van der Waals surface area (Å²) in [7, 11) is 0. The second-order valence-corrected chi connectivity index (χ2v) is 4.61. The van der Waals surface area contributed by atoms with Crippen LogP contribution in [0.1, 0.15) is 22.3 Å². The van der Waals surface area contributed by atoms with Crippen LogP contribution in [0.4, 0.5) is 13.2 Å². The van der Waals surface area contributed by atoms with Crippen molar-refractivity contribution in [1.29, 1.82) is 0 Å². The highest BCUT2D eigenvalue weighted by molar-refractivity contribution is 5.95. The maximum Gasteiger partial charge on any atom is 0.417 e. The predicted octanol–water partition coefficient (Wildman–Crippen LogP) is 2.47. The van der Waals surface area contributed by atoms with Crippen LogP contribution in [0.2, 0.25) is 0 Å². The summed E-state index contributed by atoms with van der Waals surface area (Å²) in [6.07, 6.45) is -3.58. The second-order valence-electron chi connectivity index (χ2n) is 4.61. The van der Waals surface area contributed by atoms with Gasteiger partial charge in [0.2, 0.25) is 0 Å². The highest BCUT2D eigenvalue weighted by atomic mass is 35.5. The number of hydrogen-bond donors (Lipinski definition) is 2. The fourth-order valence-corrected chi connectivity index (χ4v) is 2.15. The van der Waals surface area contributed by atoms with Crippen molar-refractivity contribution >= 4 is 18.3 Å². The summed E-state index contributed by atoms with van der Waals surface area (Å²) in [4.78, 5) is 11.8. The molecule has 0 aromatic heterocycles. The maximum absolute atomic E-state index is 12.8. The number of hydrogen-bond acceptors (Lipinski definition) is 2. The molecular weight excluding hydrogens is 293 g/mol. The zero-order chi connectivity index (χ0) is 13.9. The van der Waals surface area contributed by atoms with E-state index in [4.69, 9.17) is 0 Å². The minimum atomic E-state index is -4.51. The molecule has 1 aliphatic heterocycles. The maximum atomic E-state index is 12.8. The Morgan fingerprint density at radius 1 is 1.35 bits per heavy atom. The van der Waals surface area contributed by atoms with Crippen LogP contribution >= 0.6 is 12.4 Å². The van der Waals surface area contributed by atoms with Gasteiger partial charge in [0.05, 0.1) is 11.1 Å². The van der Waals surface area contributed by atoms with Gasteiger partial charge in [-0.1, -0.05) is 12.1 Å². The van der Waals surface area contributed by atoms with Crippen molar-refractivity contribution in [2.45, 2.75) is 12.6 Å². The van der Waals surface area contributed by atoms with Crippen molar-refractivity contribution in [1.82, 2.24) is 10.6 Å². The van der Waals surface area contributed by atoms with Crippen molar-refractivity contribution in [2.24, 2.45) is 5.92 Å². The van der Waals surface area contributed by atoms with E-state index in [1.807, 2.05) is 0 Å². The van der Waals surface area contributed by atoms with Crippen molar-refractivity contribution in [3.05, 3.63) is 35.4 Å². The first kappa shape index (κ1) is 16.8. The summed E-state index contributed by atoms with van der Waals surface area (Å²) >= 11 is 0. The van der Waals surface area contributed by atoms with Crippen LogP contribution in [0.25, 0.3) is 0 Å². The molecule has 0 spiro atoms. The van der Waals surface area contributed by atoms with Crippen LogP contribution in [0.15, 0.2) is 24.3 Å². The molecule has 1 unspecified atom stereocenters. The molecule has 1 aliphatic rings. The van der Waals surface area contributed by atoms with Gasteiger partial charge in [-0.25, -0.2) is 0 Å². The largest absolute Gasteiger partial charge is 0.417 e. The third-order valence-electron chi connectivity index (χ3n) is 3.19. The molecule has 2 N–H and O–H groups in total. The average molecular weight is 309 g/mol. The molecular formula is C13H16ClF3N2O. The van der Waals surface area contributed by atoms with E-state index >= 15 is 0 Å². The minimum absolute atomic E-state index is 0. The molecule has 1 atom stereocenters. The van der Waals surface area contributed by atoms with Crippen molar-refractivity contribution in [3.63, 3.8) is 0 Å². The quantitative estimate of drug-likeness (QED) is 0.900. The summed E-state index contributed by atoms with van der Waals surface area (Å²) in [5.41, 5.74) is -1.21. The number of nitrogens with one attached hydrogen (secondary N) is 2. The van der Waals surface area contributed by atoms with E-state index in [1.165, 1.54) is 18.2 Å². The Hall–Kier alpha value is -1.27. The molecule has 1 fully saturated rings. The lowest BCUT2D eigenvalue weighted by Crippen LogP contribution is -2.31. The molecule has 2 rings (SSSR count). The molecule has 0 bridgehead atoms. The van der Waals surface area contributed by atoms with Gasteiger partial charge >= 0.3 is 6.18 Å². The van der Waals surface area contributed by atoms with Crippen LogP contribution < -0.4 is 10.6 Å². The Bertz CT molecular complexity index is 459. The van der Waals surface area contributed by atoms with Crippen LogP contribution in [0.3, 0.4) is 0 Å². The van der Waals surface area contributed by atoms with E-state index in [-0.39, 0.29) is 18.0 Å². The van der Waals surface area contributed by atoms with Gasteiger partial charge in [-0.3, -0.25) is 4.79 Å². The monoisotopic (exact) mass is 308 g/mol. The lowest BCUT2D eigenvalue weighted by molar-refractivity contribution is -0.137. The van der Waals surface area contributed by atoms with Gasteiger partial charge in [0.25, 0.3) is 5.91 Å². The summed E-state index contributed by atoms with van der Waals surface area (Å²) in [5.74, 6) is -0.373. The van der Waals surface area contributed by atoms with E-state index < -0.39 is 17.6 Å². The fourth-order valence-electron chi connectivity index (χ4n) is 2.15. The number of carbonyl (C=O) groups is 1. The van der Waals surface area contributed by atoms with Gasteiger partial charge < -0.3 is 10.6 Å². The zero-order valence-corrected chi connectivity index (χ0v) is 11.5. The molecule has 1 amide bonds. The van der Waals surface area contributed by atoms with E-state index in [0.29, 0.717) is 12.5 Å². The third-order valence-corrected chi connectivity index (χ3v) is 3.19. The van der Waals surface area contributed by atoms with Gasteiger partial charge in [0.1, 0.15) is 0 Å². The molecule has 1 saturated heterocycles. The van der Waals surface area contributed by atoms with Gasteiger partial charge in [-0.05, 0) is 37.6 Å². The Morgan fingerprint density at radius 3 is 2.65 bits per heavy atom. The summed E-state index contributed by atoms with van der Waals surface area (Å²) in [5, 5.41) is 5.71. The Kier molecular flexibility index (Phi) is 5.83. The Balaban J connectivity index is 0.00000200. The van der Waals surface area contributed by atoms with E-state index in [2.05, 4.69) is 10.6 Å². The fraction of sp³-hybridized carbons (Fsp3) is 0.462. The molecule has 7 heteroatoms. The van der Waals surface area contributed by atoms with Crippen molar-refractivity contribution in [2.75, 3.05) is 19.6 Å².